The number of hydrogen-bond donors (Lipinski definition) is 1. The molecule has 5 nitrogen and oxygen atoms in total. The van der Waals surface area contributed by atoms with Gasteiger partial charge in [-0.3, -0.25) is 15.2 Å². The maximum atomic E-state index is 10.5. The van der Waals surface area contributed by atoms with E-state index >= 15 is 0 Å². The predicted octanol–water partition coefficient (Wildman–Crippen LogP) is 2.08. The molecule has 0 aliphatic heterocycles. The van der Waals surface area contributed by atoms with Crippen molar-refractivity contribution in [1.29, 1.82) is 0 Å². The van der Waals surface area contributed by atoms with Gasteiger partial charge in [0.15, 0.2) is 0 Å². The van der Waals surface area contributed by atoms with Crippen molar-refractivity contribution in [2.24, 2.45) is 0 Å². The van der Waals surface area contributed by atoms with Crippen molar-refractivity contribution < 1.29 is 4.92 Å². The van der Waals surface area contributed by atoms with E-state index in [0.717, 1.165) is 8.96 Å². The molecule has 1 aromatic carbocycles. The van der Waals surface area contributed by atoms with Crippen LogP contribution >= 0.6 is 22.6 Å². The first-order chi connectivity index (χ1) is 6.18. The molecule has 1 aromatic heterocycles. The molecule has 1 heterocycles. The average Bonchev–Trinajstić information content (AvgIpc) is 2.51. The summed E-state index contributed by atoms with van der Waals surface area (Å²) in [6, 6.07) is 3.00. The first-order valence-corrected chi connectivity index (χ1v) is 4.53. The number of non-ortho nitro benzene ring substituents is 1. The highest BCUT2D eigenvalue weighted by atomic mass is 127. The molecular formula is C7H4IN3O2. The maximum Gasteiger partial charge on any atom is 0.272 e. The molecule has 0 aliphatic carbocycles. The van der Waals surface area contributed by atoms with Gasteiger partial charge in [0.25, 0.3) is 5.69 Å². The highest BCUT2D eigenvalue weighted by Gasteiger charge is 2.10. The maximum absolute atomic E-state index is 10.5. The summed E-state index contributed by atoms with van der Waals surface area (Å²) < 4.78 is 0.829. The van der Waals surface area contributed by atoms with Gasteiger partial charge in [0.05, 0.1) is 16.6 Å². The fraction of sp³-hybridized carbons (Fsp3) is 0. The van der Waals surface area contributed by atoms with Crippen molar-refractivity contribution >= 4 is 39.2 Å². The Bertz CT molecular complexity index is 480. The summed E-state index contributed by atoms with van der Waals surface area (Å²) >= 11 is 2.05. The molecule has 66 valence electrons. The van der Waals surface area contributed by atoms with Crippen LogP contribution in [-0.4, -0.2) is 15.1 Å². The van der Waals surface area contributed by atoms with E-state index in [1.165, 1.54) is 12.1 Å². The Balaban J connectivity index is 2.77. The third kappa shape index (κ3) is 1.37. The van der Waals surface area contributed by atoms with Crippen molar-refractivity contribution in [2.75, 3.05) is 0 Å². The molecule has 0 unspecified atom stereocenters. The molecule has 6 heteroatoms. The number of H-pyrrole nitrogens is 1. The molecular weight excluding hydrogens is 285 g/mol. The standard InChI is InChI=1S/C7H4IN3O2/c8-6-1-4(11(12)13)2-7-5(6)3-9-10-7/h1-3H,(H,9,10). The number of fused-ring (bicyclic) bond motifs is 1. The smallest absolute Gasteiger partial charge is 0.272 e. The predicted molar refractivity (Wildman–Crippen MR) is 55.5 cm³/mol. The van der Waals surface area contributed by atoms with Crippen LogP contribution < -0.4 is 0 Å². The number of nitro benzene ring substituents is 1. The molecule has 13 heavy (non-hydrogen) atoms. The third-order valence-electron chi connectivity index (χ3n) is 1.70. The zero-order valence-corrected chi connectivity index (χ0v) is 8.48. The molecule has 2 rings (SSSR count). The average molecular weight is 289 g/mol. The van der Waals surface area contributed by atoms with E-state index in [1.54, 1.807) is 6.20 Å². The van der Waals surface area contributed by atoms with Crippen molar-refractivity contribution in [1.82, 2.24) is 10.2 Å². The minimum absolute atomic E-state index is 0.0844. The summed E-state index contributed by atoms with van der Waals surface area (Å²) in [5.74, 6) is 0. The highest BCUT2D eigenvalue weighted by molar-refractivity contribution is 14.1. The molecule has 2 aromatic rings. The largest absolute Gasteiger partial charge is 0.278 e. The Morgan fingerprint density at radius 3 is 3.00 bits per heavy atom. The lowest BCUT2D eigenvalue weighted by Crippen LogP contribution is -1.88. The van der Waals surface area contributed by atoms with E-state index in [-0.39, 0.29) is 5.69 Å². The fourth-order valence-corrected chi connectivity index (χ4v) is 1.85. The summed E-state index contributed by atoms with van der Waals surface area (Å²) in [7, 11) is 0. The van der Waals surface area contributed by atoms with Gasteiger partial charge in [0.2, 0.25) is 0 Å². The van der Waals surface area contributed by atoms with E-state index in [2.05, 4.69) is 10.2 Å². The summed E-state index contributed by atoms with van der Waals surface area (Å²) in [6.07, 6.45) is 1.65. The second-order valence-electron chi connectivity index (χ2n) is 2.52. The number of hydrogen-bond acceptors (Lipinski definition) is 3. The van der Waals surface area contributed by atoms with Crippen LogP contribution in [0.3, 0.4) is 0 Å². The van der Waals surface area contributed by atoms with E-state index in [9.17, 15) is 10.1 Å². The Morgan fingerprint density at radius 1 is 1.54 bits per heavy atom. The number of nitrogens with zero attached hydrogens (tertiary/aromatic N) is 2. The number of nitro groups is 1. The van der Waals surface area contributed by atoms with E-state index in [0.29, 0.717) is 5.52 Å². The number of aromatic amines is 1. The first kappa shape index (κ1) is 8.42. The van der Waals surface area contributed by atoms with Gasteiger partial charge in [0.1, 0.15) is 0 Å². The molecule has 1 N–H and O–H groups in total. The normalized spacial score (nSPS) is 10.5. The van der Waals surface area contributed by atoms with Gasteiger partial charge in [-0.15, -0.1) is 0 Å². The second kappa shape index (κ2) is 2.95. The van der Waals surface area contributed by atoms with Crippen molar-refractivity contribution in [2.45, 2.75) is 0 Å². The Labute approximate surface area is 86.4 Å². The van der Waals surface area contributed by atoms with Crippen LogP contribution in [0.25, 0.3) is 10.9 Å². The van der Waals surface area contributed by atoms with Crippen LogP contribution in [0.4, 0.5) is 5.69 Å². The molecule has 0 fully saturated rings. The lowest BCUT2D eigenvalue weighted by atomic mass is 10.2. The summed E-state index contributed by atoms with van der Waals surface area (Å²) in [4.78, 5) is 10.1. The molecule has 0 saturated heterocycles. The van der Waals surface area contributed by atoms with Crippen molar-refractivity contribution in [3.05, 3.63) is 32.0 Å². The van der Waals surface area contributed by atoms with Crippen molar-refractivity contribution in [3.63, 3.8) is 0 Å². The number of nitrogens with one attached hydrogen (secondary N) is 1. The SMILES string of the molecule is O=[N+]([O-])c1cc(I)c2cn[nH]c2c1. The van der Waals surface area contributed by atoms with Gasteiger partial charge < -0.3 is 0 Å². The van der Waals surface area contributed by atoms with Crippen LogP contribution in [0.5, 0.6) is 0 Å². The Hall–Kier alpha value is -1.18. The van der Waals surface area contributed by atoms with Crippen LogP contribution in [0.1, 0.15) is 0 Å². The van der Waals surface area contributed by atoms with Gasteiger partial charge in [-0.2, -0.15) is 5.10 Å². The van der Waals surface area contributed by atoms with E-state index in [1.807, 2.05) is 22.6 Å². The monoisotopic (exact) mass is 289 g/mol. The van der Waals surface area contributed by atoms with Crippen LogP contribution in [-0.2, 0) is 0 Å². The molecule has 0 atom stereocenters. The Kier molecular flexibility index (Phi) is 1.91. The number of aromatic nitrogens is 2. The van der Waals surface area contributed by atoms with Crippen LogP contribution in [0.2, 0.25) is 0 Å². The highest BCUT2D eigenvalue weighted by Crippen LogP contribution is 2.24. The summed E-state index contributed by atoms with van der Waals surface area (Å²) in [5, 5.41) is 17.9. The second-order valence-corrected chi connectivity index (χ2v) is 3.68. The van der Waals surface area contributed by atoms with Crippen LogP contribution in [0, 0.1) is 13.7 Å². The molecule has 0 radical (unpaired) electrons. The third-order valence-corrected chi connectivity index (χ3v) is 2.60. The van der Waals surface area contributed by atoms with Gasteiger partial charge in [-0.05, 0) is 22.6 Å². The lowest BCUT2D eigenvalue weighted by molar-refractivity contribution is -0.384. The molecule has 0 amide bonds. The number of halogens is 1. The van der Waals surface area contributed by atoms with Gasteiger partial charge in [-0.25, -0.2) is 0 Å². The molecule has 0 spiro atoms. The Morgan fingerprint density at radius 2 is 2.31 bits per heavy atom. The minimum atomic E-state index is -0.414. The van der Waals surface area contributed by atoms with Crippen molar-refractivity contribution in [3.8, 4) is 0 Å². The van der Waals surface area contributed by atoms with Gasteiger partial charge in [0, 0.05) is 21.1 Å². The molecule has 0 saturated carbocycles. The van der Waals surface area contributed by atoms with Gasteiger partial charge >= 0.3 is 0 Å². The fourth-order valence-electron chi connectivity index (χ4n) is 1.10. The molecule has 0 bridgehead atoms. The topological polar surface area (TPSA) is 71.8 Å². The summed E-state index contributed by atoms with van der Waals surface area (Å²) in [6.45, 7) is 0. The minimum Gasteiger partial charge on any atom is -0.278 e. The first-order valence-electron chi connectivity index (χ1n) is 3.45. The zero-order valence-electron chi connectivity index (χ0n) is 6.32. The van der Waals surface area contributed by atoms with E-state index < -0.39 is 4.92 Å². The zero-order chi connectivity index (χ0) is 9.42. The molecule has 0 aliphatic rings. The summed E-state index contributed by atoms with van der Waals surface area (Å²) in [5.41, 5.74) is 0.778. The van der Waals surface area contributed by atoms with Crippen LogP contribution in [0.15, 0.2) is 18.3 Å². The van der Waals surface area contributed by atoms with Gasteiger partial charge in [-0.1, -0.05) is 0 Å². The van der Waals surface area contributed by atoms with E-state index in [4.69, 9.17) is 0 Å². The quantitative estimate of drug-likeness (QED) is 0.496. The number of rotatable bonds is 1. The lowest BCUT2D eigenvalue weighted by Gasteiger charge is -1.94. The number of benzene rings is 1.